The summed E-state index contributed by atoms with van der Waals surface area (Å²) in [6, 6.07) is 7.80. The quantitative estimate of drug-likeness (QED) is 0.861. The Hall–Kier alpha value is -1.43. The standard InChI is InChI=1S/C15H23N3O2/c1-11-4-3-5-13(6-11)17-15(19)10-18-8-12(2)20-14(7-16)9-18/h3-6,12,14H,7-10,16H2,1-2H3,(H,17,19). The minimum Gasteiger partial charge on any atom is -0.371 e. The van der Waals surface area contributed by atoms with Gasteiger partial charge in [0.25, 0.3) is 0 Å². The van der Waals surface area contributed by atoms with E-state index in [9.17, 15) is 4.79 Å². The van der Waals surface area contributed by atoms with Crippen LogP contribution in [0.25, 0.3) is 0 Å². The van der Waals surface area contributed by atoms with Crippen LogP contribution in [0.3, 0.4) is 0 Å². The molecule has 0 bridgehead atoms. The molecule has 3 N–H and O–H groups in total. The first-order valence-electron chi connectivity index (χ1n) is 7.01. The molecule has 0 aromatic heterocycles. The van der Waals surface area contributed by atoms with Crippen LogP contribution in [0.15, 0.2) is 24.3 Å². The van der Waals surface area contributed by atoms with E-state index in [1.807, 2.05) is 38.1 Å². The van der Waals surface area contributed by atoms with Crippen molar-refractivity contribution in [1.82, 2.24) is 4.90 Å². The van der Waals surface area contributed by atoms with E-state index in [0.717, 1.165) is 17.8 Å². The fourth-order valence-corrected chi connectivity index (χ4v) is 2.53. The van der Waals surface area contributed by atoms with Crippen LogP contribution in [-0.4, -0.2) is 49.2 Å². The summed E-state index contributed by atoms with van der Waals surface area (Å²) in [7, 11) is 0. The number of carbonyl (C=O) groups is 1. The number of anilines is 1. The molecule has 1 aromatic carbocycles. The average molecular weight is 277 g/mol. The molecule has 1 aliphatic heterocycles. The number of amides is 1. The summed E-state index contributed by atoms with van der Waals surface area (Å²) < 4.78 is 5.68. The summed E-state index contributed by atoms with van der Waals surface area (Å²) in [5.74, 6) is 0.000437. The van der Waals surface area contributed by atoms with Gasteiger partial charge in [-0.05, 0) is 31.5 Å². The van der Waals surface area contributed by atoms with Gasteiger partial charge in [0, 0.05) is 25.3 Å². The third kappa shape index (κ3) is 4.30. The number of nitrogens with two attached hydrogens (primary N) is 1. The van der Waals surface area contributed by atoms with Gasteiger partial charge in [-0.15, -0.1) is 0 Å². The molecule has 0 aliphatic carbocycles. The fraction of sp³-hybridized carbons (Fsp3) is 0.533. The van der Waals surface area contributed by atoms with Crippen LogP contribution >= 0.6 is 0 Å². The summed E-state index contributed by atoms with van der Waals surface area (Å²) in [5.41, 5.74) is 7.62. The summed E-state index contributed by atoms with van der Waals surface area (Å²) in [6.45, 7) is 6.34. The monoisotopic (exact) mass is 277 g/mol. The number of hydrogen-bond donors (Lipinski definition) is 2. The lowest BCUT2D eigenvalue weighted by Gasteiger charge is -2.35. The highest BCUT2D eigenvalue weighted by Crippen LogP contribution is 2.12. The normalized spacial score (nSPS) is 23.6. The Morgan fingerprint density at radius 2 is 2.30 bits per heavy atom. The van der Waals surface area contributed by atoms with Crippen molar-refractivity contribution >= 4 is 11.6 Å². The van der Waals surface area contributed by atoms with Gasteiger partial charge in [0.15, 0.2) is 0 Å². The molecule has 1 aliphatic rings. The van der Waals surface area contributed by atoms with Crippen LogP contribution in [0.5, 0.6) is 0 Å². The van der Waals surface area contributed by atoms with Crippen molar-refractivity contribution in [2.45, 2.75) is 26.1 Å². The van der Waals surface area contributed by atoms with Gasteiger partial charge in [-0.3, -0.25) is 9.69 Å². The minimum absolute atomic E-state index is 0.000437. The molecule has 2 atom stereocenters. The van der Waals surface area contributed by atoms with E-state index in [0.29, 0.717) is 19.6 Å². The Labute approximate surface area is 120 Å². The Bertz CT molecular complexity index is 464. The summed E-state index contributed by atoms with van der Waals surface area (Å²) >= 11 is 0. The Morgan fingerprint density at radius 3 is 3.00 bits per heavy atom. The third-order valence-corrected chi connectivity index (χ3v) is 3.33. The van der Waals surface area contributed by atoms with Crippen molar-refractivity contribution in [1.29, 1.82) is 0 Å². The summed E-state index contributed by atoms with van der Waals surface area (Å²) in [6.07, 6.45) is 0.134. The van der Waals surface area contributed by atoms with Gasteiger partial charge < -0.3 is 15.8 Å². The smallest absolute Gasteiger partial charge is 0.238 e. The predicted molar refractivity (Wildman–Crippen MR) is 79.6 cm³/mol. The van der Waals surface area contributed by atoms with Crippen LogP contribution in [0.4, 0.5) is 5.69 Å². The molecule has 2 rings (SSSR count). The average Bonchev–Trinajstić information content (AvgIpc) is 2.37. The molecule has 1 saturated heterocycles. The van der Waals surface area contributed by atoms with Gasteiger partial charge in [0.1, 0.15) is 0 Å². The zero-order valence-electron chi connectivity index (χ0n) is 12.1. The minimum atomic E-state index is 0.000437. The third-order valence-electron chi connectivity index (χ3n) is 3.33. The van der Waals surface area contributed by atoms with E-state index in [-0.39, 0.29) is 18.1 Å². The molecule has 110 valence electrons. The van der Waals surface area contributed by atoms with Gasteiger partial charge in [-0.1, -0.05) is 12.1 Å². The number of carbonyl (C=O) groups excluding carboxylic acids is 1. The van der Waals surface area contributed by atoms with Gasteiger partial charge in [-0.2, -0.15) is 0 Å². The second kappa shape index (κ2) is 6.83. The van der Waals surface area contributed by atoms with Crippen molar-refractivity contribution in [2.75, 3.05) is 31.5 Å². The Morgan fingerprint density at radius 1 is 1.50 bits per heavy atom. The fourth-order valence-electron chi connectivity index (χ4n) is 2.53. The number of nitrogens with zero attached hydrogens (tertiary/aromatic N) is 1. The molecule has 0 spiro atoms. The van der Waals surface area contributed by atoms with Crippen molar-refractivity contribution in [3.05, 3.63) is 29.8 Å². The number of benzene rings is 1. The van der Waals surface area contributed by atoms with Crippen LogP contribution < -0.4 is 11.1 Å². The SMILES string of the molecule is Cc1cccc(NC(=O)CN2CC(C)OC(CN)C2)c1. The Kier molecular flexibility index (Phi) is 5.11. The first-order valence-corrected chi connectivity index (χ1v) is 7.01. The molecular formula is C15H23N3O2. The topological polar surface area (TPSA) is 67.6 Å². The highest BCUT2D eigenvalue weighted by atomic mass is 16.5. The lowest BCUT2D eigenvalue weighted by Crippen LogP contribution is -2.51. The second-order valence-electron chi connectivity index (χ2n) is 5.42. The molecule has 1 fully saturated rings. The van der Waals surface area contributed by atoms with Crippen molar-refractivity contribution in [3.8, 4) is 0 Å². The first kappa shape index (κ1) is 15.0. The molecule has 2 unspecified atom stereocenters. The van der Waals surface area contributed by atoms with E-state index in [1.54, 1.807) is 0 Å². The van der Waals surface area contributed by atoms with Crippen molar-refractivity contribution < 1.29 is 9.53 Å². The number of nitrogens with one attached hydrogen (secondary N) is 1. The highest BCUT2D eigenvalue weighted by Gasteiger charge is 2.25. The maximum atomic E-state index is 12.1. The lowest BCUT2D eigenvalue weighted by atomic mass is 10.2. The van der Waals surface area contributed by atoms with Gasteiger partial charge in [0.2, 0.25) is 5.91 Å². The Balaban J connectivity index is 1.87. The van der Waals surface area contributed by atoms with Gasteiger partial charge in [0.05, 0.1) is 18.8 Å². The number of rotatable bonds is 4. The van der Waals surface area contributed by atoms with Gasteiger partial charge >= 0.3 is 0 Å². The van der Waals surface area contributed by atoms with E-state index in [4.69, 9.17) is 10.5 Å². The molecular weight excluding hydrogens is 254 g/mol. The largest absolute Gasteiger partial charge is 0.371 e. The number of ether oxygens (including phenoxy) is 1. The summed E-state index contributed by atoms with van der Waals surface area (Å²) in [5, 5.41) is 2.93. The molecule has 5 heteroatoms. The van der Waals surface area contributed by atoms with E-state index >= 15 is 0 Å². The maximum Gasteiger partial charge on any atom is 0.238 e. The zero-order valence-corrected chi connectivity index (χ0v) is 12.1. The lowest BCUT2D eigenvalue weighted by molar-refractivity contribution is -0.121. The summed E-state index contributed by atoms with van der Waals surface area (Å²) in [4.78, 5) is 14.2. The maximum absolute atomic E-state index is 12.1. The van der Waals surface area contributed by atoms with E-state index in [2.05, 4.69) is 10.2 Å². The number of morpholine rings is 1. The predicted octanol–water partition coefficient (Wildman–Crippen LogP) is 0.982. The number of aryl methyl sites for hydroxylation is 1. The zero-order chi connectivity index (χ0) is 14.5. The van der Waals surface area contributed by atoms with Crippen molar-refractivity contribution in [3.63, 3.8) is 0 Å². The van der Waals surface area contributed by atoms with Crippen LogP contribution in [0.1, 0.15) is 12.5 Å². The van der Waals surface area contributed by atoms with Crippen LogP contribution in [0, 0.1) is 6.92 Å². The molecule has 1 amide bonds. The molecule has 20 heavy (non-hydrogen) atoms. The first-order chi connectivity index (χ1) is 9.56. The molecule has 0 saturated carbocycles. The van der Waals surface area contributed by atoms with Crippen LogP contribution in [0.2, 0.25) is 0 Å². The molecule has 0 radical (unpaired) electrons. The van der Waals surface area contributed by atoms with Crippen molar-refractivity contribution in [2.24, 2.45) is 5.73 Å². The van der Waals surface area contributed by atoms with E-state index in [1.165, 1.54) is 0 Å². The highest BCUT2D eigenvalue weighted by molar-refractivity contribution is 5.92. The van der Waals surface area contributed by atoms with Gasteiger partial charge in [-0.25, -0.2) is 0 Å². The molecule has 1 aromatic rings. The molecule has 1 heterocycles. The second-order valence-corrected chi connectivity index (χ2v) is 5.42. The number of hydrogen-bond acceptors (Lipinski definition) is 4. The molecule has 5 nitrogen and oxygen atoms in total. The van der Waals surface area contributed by atoms with E-state index < -0.39 is 0 Å². The van der Waals surface area contributed by atoms with Crippen LogP contribution in [-0.2, 0) is 9.53 Å².